The van der Waals surface area contributed by atoms with E-state index in [0.29, 0.717) is 37.2 Å². The third-order valence-corrected chi connectivity index (χ3v) is 9.41. The second-order valence-electron chi connectivity index (χ2n) is 14.7. The maximum atomic E-state index is 13.5. The topological polar surface area (TPSA) is 165 Å². The summed E-state index contributed by atoms with van der Waals surface area (Å²) < 4.78 is 33.8. The molecule has 50 heavy (non-hydrogen) atoms. The zero-order chi connectivity index (χ0) is 37.8. The quantitative estimate of drug-likeness (QED) is 0.135. The molecule has 0 radical (unpaired) electrons. The predicted molar refractivity (Wildman–Crippen MR) is 188 cm³/mol. The molecule has 284 valence electrons. The average Bonchev–Trinajstić information content (AvgIpc) is 3.46. The number of nitrogens with one attached hydrogen (secondary N) is 1. The van der Waals surface area contributed by atoms with Crippen molar-refractivity contribution in [2.24, 2.45) is 40.7 Å². The fourth-order valence-electron chi connectivity index (χ4n) is 5.71. The first-order valence-electron chi connectivity index (χ1n) is 17.6. The Morgan fingerprint density at radius 2 is 1.68 bits per heavy atom. The van der Waals surface area contributed by atoms with Crippen molar-refractivity contribution in [3.05, 3.63) is 23.8 Å². The van der Waals surface area contributed by atoms with Crippen LogP contribution in [0, 0.1) is 35.0 Å². The molecule has 0 bridgehead atoms. The molecule has 3 amide bonds. The number of carbonyl (C=O) groups excluding carboxylic acids is 4. The third-order valence-electron chi connectivity index (χ3n) is 9.41. The Morgan fingerprint density at radius 1 is 1.00 bits per heavy atom. The van der Waals surface area contributed by atoms with Gasteiger partial charge in [-0.2, -0.15) is 0 Å². The van der Waals surface area contributed by atoms with Gasteiger partial charge in [0.25, 0.3) is 0 Å². The predicted octanol–water partition coefficient (Wildman–Crippen LogP) is 5.27. The summed E-state index contributed by atoms with van der Waals surface area (Å²) in [6.45, 7) is 16.4. The van der Waals surface area contributed by atoms with Crippen LogP contribution in [0.3, 0.4) is 0 Å². The summed E-state index contributed by atoms with van der Waals surface area (Å²) >= 11 is 0. The second-order valence-corrected chi connectivity index (χ2v) is 14.7. The highest BCUT2D eigenvalue weighted by atomic mass is 16.7. The zero-order valence-electron chi connectivity index (χ0n) is 31.9. The van der Waals surface area contributed by atoms with Crippen LogP contribution in [0.4, 0.5) is 4.79 Å². The van der Waals surface area contributed by atoms with Crippen LogP contribution in [-0.2, 0) is 39.8 Å². The molecule has 1 aliphatic heterocycles. The molecule has 0 unspecified atom stereocenters. The van der Waals surface area contributed by atoms with Gasteiger partial charge >= 0.3 is 12.1 Å². The lowest BCUT2D eigenvalue weighted by Crippen LogP contribution is -2.47. The van der Waals surface area contributed by atoms with E-state index in [1.807, 2.05) is 39.0 Å². The van der Waals surface area contributed by atoms with Gasteiger partial charge < -0.3 is 39.5 Å². The molecule has 2 rings (SSSR count). The van der Waals surface area contributed by atoms with Gasteiger partial charge in [0.05, 0.1) is 30.6 Å². The molecule has 0 aromatic heterocycles. The van der Waals surface area contributed by atoms with Crippen molar-refractivity contribution in [3.63, 3.8) is 0 Å². The Labute approximate surface area is 298 Å². The first-order valence-corrected chi connectivity index (χ1v) is 17.6. The lowest BCUT2D eigenvalue weighted by molar-refractivity contribution is -0.156. The number of ether oxygens (including phenoxy) is 6. The van der Waals surface area contributed by atoms with Crippen molar-refractivity contribution in [1.82, 2.24) is 10.2 Å². The molecule has 13 nitrogen and oxygen atoms in total. The zero-order valence-corrected chi connectivity index (χ0v) is 31.9. The molecule has 1 heterocycles. The van der Waals surface area contributed by atoms with Crippen LogP contribution in [0.1, 0.15) is 87.1 Å². The smallest absolute Gasteiger partial charge is 0.414 e. The van der Waals surface area contributed by atoms with Gasteiger partial charge in [-0.05, 0) is 68.6 Å². The van der Waals surface area contributed by atoms with Gasteiger partial charge in [-0.15, -0.1) is 0 Å². The van der Waals surface area contributed by atoms with Crippen molar-refractivity contribution in [2.45, 2.75) is 106 Å². The van der Waals surface area contributed by atoms with Gasteiger partial charge in [0.1, 0.15) is 6.73 Å². The number of rotatable bonds is 20. The van der Waals surface area contributed by atoms with Gasteiger partial charge in [0.15, 0.2) is 17.8 Å². The largest absolute Gasteiger partial charge is 0.493 e. The van der Waals surface area contributed by atoms with E-state index in [1.165, 1.54) is 4.90 Å². The minimum atomic E-state index is -0.916. The maximum absolute atomic E-state index is 13.5. The van der Waals surface area contributed by atoms with E-state index in [2.05, 4.69) is 19.2 Å². The van der Waals surface area contributed by atoms with Gasteiger partial charge in [-0.3, -0.25) is 19.3 Å². The number of nitrogens with two attached hydrogens (primary N) is 1. The van der Waals surface area contributed by atoms with E-state index in [0.717, 1.165) is 5.56 Å². The highest BCUT2D eigenvalue weighted by molar-refractivity contribution is 5.83. The number of primary amides is 1. The summed E-state index contributed by atoms with van der Waals surface area (Å²) in [5, 5.41) is 2.90. The van der Waals surface area contributed by atoms with Gasteiger partial charge in [-0.1, -0.05) is 54.5 Å². The number of carbonyl (C=O) groups is 4. The number of benzene rings is 1. The van der Waals surface area contributed by atoms with Gasteiger partial charge in [-0.25, -0.2) is 4.79 Å². The Balaban J connectivity index is 2.38. The molecule has 13 heteroatoms. The highest BCUT2D eigenvalue weighted by Gasteiger charge is 2.43. The highest BCUT2D eigenvalue weighted by Crippen LogP contribution is 2.36. The molecule has 1 aromatic rings. The molecule has 1 fully saturated rings. The number of methoxy groups -OCH3 is 2. The van der Waals surface area contributed by atoms with Crippen LogP contribution < -0.4 is 20.5 Å². The fourth-order valence-corrected chi connectivity index (χ4v) is 5.71. The summed E-state index contributed by atoms with van der Waals surface area (Å²) in [4.78, 5) is 52.3. The molecule has 0 saturated carbocycles. The molecule has 0 aliphatic carbocycles. The van der Waals surface area contributed by atoms with Crippen LogP contribution >= 0.6 is 0 Å². The lowest BCUT2D eigenvalue weighted by Gasteiger charge is -2.33. The van der Waals surface area contributed by atoms with Crippen LogP contribution in [0.5, 0.6) is 11.5 Å². The molecule has 0 spiro atoms. The number of esters is 1. The second kappa shape index (κ2) is 19.7. The van der Waals surface area contributed by atoms with E-state index in [-0.39, 0.29) is 42.9 Å². The van der Waals surface area contributed by atoms with E-state index in [1.54, 1.807) is 41.9 Å². The van der Waals surface area contributed by atoms with Gasteiger partial charge in [0, 0.05) is 26.0 Å². The van der Waals surface area contributed by atoms with E-state index in [4.69, 9.17) is 34.2 Å². The molecule has 1 aromatic carbocycles. The summed E-state index contributed by atoms with van der Waals surface area (Å²) in [5.74, 6) is -0.655. The van der Waals surface area contributed by atoms with Crippen molar-refractivity contribution in [3.8, 4) is 11.5 Å². The third kappa shape index (κ3) is 12.3. The molecular formula is C37H61N3O10. The monoisotopic (exact) mass is 707 g/mol. The number of amides is 3. The van der Waals surface area contributed by atoms with Crippen molar-refractivity contribution >= 4 is 23.9 Å². The van der Waals surface area contributed by atoms with E-state index in [9.17, 15) is 19.2 Å². The molecular weight excluding hydrogens is 646 g/mol. The SMILES string of the molecule is CC[C@@H](OC)Oc1cc(C[C@@H](C[C@H]2[C@H](C[C@H](C(=O)NCC(C)(C)C(N)=O)C(C)C)OCN2C(=O)OCOC(=O)C(C)C)C(C)C)ccc1OC. The fraction of sp³-hybridized carbons (Fsp3) is 0.730. The molecule has 1 aliphatic rings. The van der Waals surface area contributed by atoms with Crippen LogP contribution in [0.2, 0.25) is 0 Å². The first kappa shape index (κ1) is 42.6. The normalized spacial score (nSPS) is 18.2. The average molecular weight is 708 g/mol. The van der Waals surface area contributed by atoms with Crippen LogP contribution in [0.15, 0.2) is 18.2 Å². The number of nitrogens with zero attached hydrogens (tertiary/aromatic N) is 1. The van der Waals surface area contributed by atoms with Crippen molar-refractivity contribution in [1.29, 1.82) is 0 Å². The summed E-state index contributed by atoms with van der Waals surface area (Å²) in [7, 11) is 3.19. The van der Waals surface area contributed by atoms with Crippen LogP contribution in [0.25, 0.3) is 0 Å². The summed E-state index contributed by atoms with van der Waals surface area (Å²) in [6.07, 6.45) is 0.601. The first-order chi connectivity index (χ1) is 23.4. The summed E-state index contributed by atoms with van der Waals surface area (Å²) in [5.41, 5.74) is 5.63. The Kier molecular flexibility index (Phi) is 16.8. The standard InChI is InChI=1S/C37H61N3O10/c1-12-32(46-11)50-31-16-25(13-14-29(31)45-10)15-26(22(2)3)17-28-30(47-20-40(28)36(44)49-21-48-34(42)24(6)7)18-27(23(4)5)33(41)39-19-37(8,9)35(38)43/h13-14,16,22-24,26-28,30,32H,12,15,17-21H2,1-11H3,(H2,38,43)(H,39,41)/t26-,27-,28-,30-,32-/m0/s1. The van der Waals surface area contributed by atoms with E-state index < -0.39 is 54.5 Å². The van der Waals surface area contributed by atoms with E-state index >= 15 is 0 Å². The molecule has 5 atom stereocenters. The van der Waals surface area contributed by atoms with Crippen LogP contribution in [-0.4, -0.2) is 81.5 Å². The maximum Gasteiger partial charge on any atom is 0.414 e. The molecule has 1 saturated heterocycles. The van der Waals surface area contributed by atoms with Crippen molar-refractivity contribution < 1.29 is 47.6 Å². The Morgan fingerprint density at radius 3 is 2.22 bits per heavy atom. The number of hydrogen-bond donors (Lipinski definition) is 2. The molecule has 3 N–H and O–H groups in total. The lowest BCUT2D eigenvalue weighted by atomic mass is 9.80. The minimum Gasteiger partial charge on any atom is -0.493 e. The summed E-state index contributed by atoms with van der Waals surface area (Å²) in [6, 6.07) is 5.39. The Bertz CT molecular complexity index is 1260. The number of hydrogen-bond acceptors (Lipinski definition) is 10. The van der Waals surface area contributed by atoms with Crippen molar-refractivity contribution in [2.75, 3.05) is 34.3 Å². The van der Waals surface area contributed by atoms with Gasteiger partial charge in [0.2, 0.25) is 18.6 Å². The Hall–Kier alpha value is -3.58. The minimum absolute atomic E-state index is 0.0474.